The number of ketones is 1. The molecule has 0 saturated carbocycles. The van der Waals surface area contributed by atoms with E-state index in [1.807, 2.05) is 0 Å². The summed E-state index contributed by atoms with van der Waals surface area (Å²) in [5.74, 6) is -2.86. The molecule has 0 atom stereocenters. The van der Waals surface area contributed by atoms with Gasteiger partial charge in [-0.3, -0.25) is 4.79 Å². The van der Waals surface area contributed by atoms with Gasteiger partial charge in [0.2, 0.25) is 0 Å². The van der Waals surface area contributed by atoms with E-state index < -0.39 is 17.4 Å². The van der Waals surface area contributed by atoms with Crippen LogP contribution in [0.1, 0.15) is 15.9 Å². The average molecular weight is 322 g/mol. The normalized spacial score (nSPS) is 10.6. The molecular formula is C13H5Cl3F2O. The van der Waals surface area contributed by atoms with E-state index in [1.165, 1.54) is 18.2 Å². The van der Waals surface area contributed by atoms with Crippen molar-refractivity contribution in [3.63, 3.8) is 0 Å². The lowest BCUT2D eigenvalue weighted by Crippen LogP contribution is -2.04. The Kier molecular flexibility index (Phi) is 4.09. The van der Waals surface area contributed by atoms with Crippen molar-refractivity contribution in [1.82, 2.24) is 0 Å². The predicted octanol–water partition coefficient (Wildman–Crippen LogP) is 5.16. The topological polar surface area (TPSA) is 17.1 Å². The van der Waals surface area contributed by atoms with Crippen molar-refractivity contribution in [2.24, 2.45) is 0 Å². The van der Waals surface area contributed by atoms with Crippen LogP contribution in [0, 0.1) is 11.6 Å². The summed E-state index contributed by atoms with van der Waals surface area (Å²) in [4.78, 5) is 12.1. The average Bonchev–Trinajstić information content (AvgIpc) is 2.31. The quantitative estimate of drug-likeness (QED) is 0.552. The van der Waals surface area contributed by atoms with Gasteiger partial charge in [0.1, 0.15) is 0 Å². The highest BCUT2D eigenvalue weighted by Gasteiger charge is 2.17. The Labute approximate surface area is 122 Å². The van der Waals surface area contributed by atoms with Crippen LogP contribution in [0.3, 0.4) is 0 Å². The van der Waals surface area contributed by atoms with Gasteiger partial charge in [0, 0.05) is 21.2 Å². The lowest BCUT2D eigenvalue weighted by Gasteiger charge is -2.06. The molecule has 0 spiro atoms. The first-order chi connectivity index (χ1) is 8.88. The van der Waals surface area contributed by atoms with Crippen molar-refractivity contribution < 1.29 is 13.6 Å². The van der Waals surface area contributed by atoms with E-state index in [0.29, 0.717) is 0 Å². The SMILES string of the molecule is O=C(c1cc(Cl)cc(Cl)c1)c1cc(F)c(F)cc1Cl. The Morgan fingerprint density at radius 2 is 1.37 bits per heavy atom. The maximum Gasteiger partial charge on any atom is 0.194 e. The van der Waals surface area contributed by atoms with Gasteiger partial charge in [-0.25, -0.2) is 8.78 Å². The zero-order chi connectivity index (χ0) is 14.2. The zero-order valence-electron chi connectivity index (χ0n) is 9.18. The number of halogens is 5. The number of hydrogen-bond acceptors (Lipinski definition) is 1. The Hall–Kier alpha value is -1.16. The number of rotatable bonds is 2. The van der Waals surface area contributed by atoms with E-state index in [1.54, 1.807) is 0 Å². The first-order valence-corrected chi connectivity index (χ1v) is 6.17. The van der Waals surface area contributed by atoms with E-state index in [2.05, 4.69) is 0 Å². The Morgan fingerprint density at radius 3 is 1.95 bits per heavy atom. The Bertz CT molecular complexity index is 651. The second-order valence-electron chi connectivity index (χ2n) is 3.73. The highest BCUT2D eigenvalue weighted by molar-refractivity contribution is 6.37. The standard InChI is InChI=1S/C13H5Cl3F2O/c14-7-1-6(2-8(15)3-7)13(19)9-4-11(17)12(18)5-10(9)16/h1-5H. The Morgan fingerprint density at radius 1 is 0.842 bits per heavy atom. The van der Waals surface area contributed by atoms with Crippen LogP contribution in [0.2, 0.25) is 15.1 Å². The van der Waals surface area contributed by atoms with Crippen LogP contribution in [0.15, 0.2) is 30.3 Å². The first-order valence-electron chi connectivity index (χ1n) is 5.04. The third-order valence-electron chi connectivity index (χ3n) is 2.38. The Balaban J connectivity index is 2.53. The van der Waals surface area contributed by atoms with Gasteiger partial charge in [-0.05, 0) is 30.3 Å². The monoisotopic (exact) mass is 320 g/mol. The molecule has 98 valence electrons. The molecule has 0 saturated heterocycles. The minimum atomic E-state index is -1.15. The van der Waals surface area contributed by atoms with Crippen molar-refractivity contribution in [2.75, 3.05) is 0 Å². The molecule has 0 bridgehead atoms. The largest absolute Gasteiger partial charge is 0.289 e. The molecule has 0 aliphatic heterocycles. The fraction of sp³-hybridized carbons (Fsp3) is 0. The summed E-state index contributed by atoms with van der Waals surface area (Å²) in [5, 5.41) is 0.337. The number of carbonyl (C=O) groups excluding carboxylic acids is 1. The summed E-state index contributed by atoms with van der Waals surface area (Å²) >= 11 is 17.3. The molecule has 0 aliphatic rings. The molecule has 0 radical (unpaired) electrons. The van der Waals surface area contributed by atoms with Crippen LogP contribution >= 0.6 is 34.8 Å². The third kappa shape index (κ3) is 3.06. The summed E-state index contributed by atoms with van der Waals surface area (Å²) in [6.07, 6.45) is 0. The number of carbonyl (C=O) groups is 1. The maximum atomic E-state index is 13.2. The second-order valence-corrected chi connectivity index (χ2v) is 5.01. The smallest absolute Gasteiger partial charge is 0.194 e. The van der Waals surface area contributed by atoms with Gasteiger partial charge in [0.15, 0.2) is 17.4 Å². The van der Waals surface area contributed by atoms with Crippen molar-refractivity contribution >= 4 is 40.6 Å². The number of hydrogen-bond donors (Lipinski definition) is 0. The van der Waals surface area contributed by atoms with E-state index in [0.717, 1.165) is 12.1 Å². The molecule has 0 N–H and O–H groups in total. The first kappa shape index (κ1) is 14.3. The van der Waals surface area contributed by atoms with E-state index in [4.69, 9.17) is 34.8 Å². The van der Waals surface area contributed by atoms with Crippen LogP contribution in [-0.4, -0.2) is 5.78 Å². The lowest BCUT2D eigenvalue weighted by atomic mass is 10.0. The van der Waals surface area contributed by atoms with Crippen molar-refractivity contribution in [1.29, 1.82) is 0 Å². The molecule has 0 unspecified atom stereocenters. The molecule has 0 amide bonds. The summed E-state index contributed by atoms with van der Waals surface area (Å²) in [5.41, 5.74) is -0.00990. The van der Waals surface area contributed by atoms with Crippen molar-refractivity contribution in [3.05, 3.63) is 68.2 Å². The van der Waals surface area contributed by atoms with Gasteiger partial charge >= 0.3 is 0 Å². The van der Waals surface area contributed by atoms with E-state index in [-0.39, 0.29) is 26.2 Å². The summed E-state index contributed by atoms with van der Waals surface area (Å²) < 4.78 is 26.1. The molecule has 1 nitrogen and oxygen atoms in total. The molecule has 0 fully saturated rings. The molecule has 2 aromatic rings. The highest BCUT2D eigenvalue weighted by Crippen LogP contribution is 2.26. The van der Waals surface area contributed by atoms with Gasteiger partial charge < -0.3 is 0 Å². The van der Waals surface area contributed by atoms with Crippen LogP contribution in [-0.2, 0) is 0 Å². The fourth-order valence-corrected chi connectivity index (χ4v) is 2.30. The van der Waals surface area contributed by atoms with Crippen molar-refractivity contribution in [2.45, 2.75) is 0 Å². The van der Waals surface area contributed by atoms with Gasteiger partial charge in [-0.1, -0.05) is 34.8 Å². The highest BCUT2D eigenvalue weighted by atomic mass is 35.5. The summed E-state index contributed by atoms with van der Waals surface area (Å²) in [6, 6.07) is 5.68. The minimum absolute atomic E-state index is 0.144. The van der Waals surface area contributed by atoms with Gasteiger partial charge in [0.25, 0.3) is 0 Å². The van der Waals surface area contributed by atoms with Crippen LogP contribution in [0.25, 0.3) is 0 Å². The van der Waals surface area contributed by atoms with Gasteiger partial charge in [0.05, 0.1) is 5.02 Å². The second kappa shape index (κ2) is 5.45. The minimum Gasteiger partial charge on any atom is -0.289 e. The van der Waals surface area contributed by atoms with Crippen molar-refractivity contribution in [3.8, 4) is 0 Å². The third-order valence-corrected chi connectivity index (χ3v) is 3.13. The fourth-order valence-electron chi connectivity index (χ4n) is 1.54. The molecule has 2 rings (SSSR count). The summed E-state index contributed by atoms with van der Waals surface area (Å²) in [7, 11) is 0. The number of benzene rings is 2. The molecule has 0 heterocycles. The molecule has 2 aromatic carbocycles. The molecule has 6 heteroatoms. The molecular weight excluding hydrogens is 316 g/mol. The van der Waals surface area contributed by atoms with Gasteiger partial charge in [-0.2, -0.15) is 0 Å². The lowest BCUT2D eigenvalue weighted by molar-refractivity contribution is 0.103. The van der Waals surface area contributed by atoms with Crippen LogP contribution < -0.4 is 0 Å². The van der Waals surface area contributed by atoms with Crippen LogP contribution in [0.4, 0.5) is 8.78 Å². The molecule has 19 heavy (non-hydrogen) atoms. The summed E-state index contributed by atoms with van der Waals surface area (Å²) in [6.45, 7) is 0. The van der Waals surface area contributed by atoms with E-state index in [9.17, 15) is 13.6 Å². The zero-order valence-corrected chi connectivity index (χ0v) is 11.5. The van der Waals surface area contributed by atoms with E-state index >= 15 is 0 Å². The maximum absolute atomic E-state index is 13.2. The van der Waals surface area contributed by atoms with Gasteiger partial charge in [-0.15, -0.1) is 0 Å². The van der Waals surface area contributed by atoms with Crippen LogP contribution in [0.5, 0.6) is 0 Å². The predicted molar refractivity (Wildman–Crippen MR) is 71.3 cm³/mol. The molecule has 0 aromatic heterocycles. The molecule has 0 aliphatic carbocycles.